The predicted octanol–water partition coefficient (Wildman–Crippen LogP) is 4.97. The molecular formula is C24H34N2O3Si. The van der Waals surface area contributed by atoms with Crippen LogP contribution in [0.25, 0.3) is 10.9 Å². The number of ketones is 1. The van der Waals surface area contributed by atoms with E-state index in [1.807, 2.05) is 18.3 Å². The van der Waals surface area contributed by atoms with Crippen LogP contribution in [-0.4, -0.2) is 50.2 Å². The summed E-state index contributed by atoms with van der Waals surface area (Å²) in [5.74, 6) is 1.39. The average molecular weight is 427 g/mol. The summed E-state index contributed by atoms with van der Waals surface area (Å²) in [6.07, 6.45) is 3.66. The van der Waals surface area contributed by atoms with Gasteiger partial charge in [-0.25, -0.2) is 0 Å². The fraction of sp³-hybridized carbons (Fsp3) is 0.583. The summed E-state index contributed by atoms with van der Waals surface area (Å²) >= 11 is 0. The predicted molar refractivity (Wildman–Crippen MR) is 122 cm³/mol. The third kappa shape index (κ3) is 3.81. The number of methoxy groups -OCH3 is 1. The van der Waals surface area contributed by atoms with E-state index >= 15 is 0 Å². The Morgan fingerprint density at radius 1 is 1.23 bits per heavy atom. The van der Waals surface area contributed by atoms with E-state index in [-0.39, 0.29) is 23.1 Å². The number of nitrogens with zero attached hydrogens (tertiary/aromatic N) is 2. The molecular weight excluding hydrogens is 392 g/mol. The topological polar surface area (TPSA) is 51.7 Å². The lowest BCUT2D eigenvalue weighted by Crippen LogP contribution is -2.57. The fourth-order valence-corrected chi connectivity index (χ4v) is 5.82. The highest BCUT2D eigenvalue weighted by atomic mass is 28.4. The highest BCUT2D eigenvalue weighted by molar-refractivity contribution is 6.74. The number of aromatic nitrogens is 1. The van der Waals surface area contributed by atoms with Crippen LogP contribution in [0.1, 0.15) is 45.3 Å². The van der Waals surface area contributed by atoms with Crippen LogP contribution >= 0.6 is 0 Å². The third-order valence-corrected chi connectivity index (χ3v) is 11.9. The Balaban J connectivity index is 1.82. The first kappa shape index (κ1) is 21.5. The molecule has 5 rings (SSSR count). The van der Waals surface area contributed by atoms with Gasteiger partial charge in [0.2, 0.25) is 0 Å². The van der Waals surface area contributed by atoms with Crippen LogP contribution < -0.4 is 4.74 Å². The van der Waals surface area contributed by atoms with Crippen LogP contribution in [0.3, 0.4) is 0 Å². The number of hydrogen-bond donors (Lipinski definition) is 0. The molecule has 0 amide bonds. The number of hydrogen-bond acceptors (Lipinski definition) is 5. The second-order valence-electron chi connectivity index (χ2n) is 10.3. The maximum absolute atomic E-state index is 12.4. The van der Waals surface area contributed by atoms with E-state index < -0.39 is 8.32 Å². The number of carbonyl (C=O) groups excluding carboxylic acids is 1. The van der Waals surface area contributed by atoms with Crippen molar-refractivity contribution in [3.63, 3.8) is 0 Å². The van der Waals surface area contributed by atoms with Crippen molar-refractivity contribution in [2.24, 2.45) is 5.92 Å². The van der Waals surface area contributed by atoms with Crippen molar-refractivity contribution < 1.29 is 14.0 Å². The summed E-state index contributed by atoms with van der Waals surface area (Å²) in [4.78, 5) is 19.3. The quantitative estimate of drug-likeness (QED) is 0.632. The van der Waals surface area contributed by atoms with Gasteiger partial charge in [-0.1, -0.05) is 20.8 Å². The lowest BCUT2D eigenvalue weighted by molar-refractivity contribution is -0.136. The number of ether oxygens (including phenoxy) is 1. The Morgan fingerprint density at radius 3 is 2.60 bits per heavy atom. The first-order valence-corrected chi connectivity index (χ1v) is 13.9. The van der Waals surface area contributed by atoms with Gasteiger partial charge in [0.15, 0.2) is 8.32 Å². The minimum absolute atomic E-state index is 0.0839. The summed E-state index contributed by atoms with van der Waals surface area (Å²) in [6, 6.07) is 8.35. The van der Waals surface area contributed by atoms with Crippen LogP contribution in [0.2, 0.25) is 18.1 Å². The monoisotopic (exact) mass is 426 g/mol. The van der Waals surface area contributed by atoms with E-state index in [0.717, 1.165) is 41.6 Å². The maximum Gasteiger partial charge on any atom is 0.192 e. The first-order chi connectivity index (χ1) is 14.1. The van der Waals surface area contributed by atoms with Gasteiger partial charge in [0.25, 0.3) is 0 Å². The number of piperidine rings is 3. The van der Waals surface area contributed by atoms with Crippen molar-refractivity contribution in [2.75, 3.05) is 20.2 Å². The number of fused-ring (bicyclic) bond motifs is 4. The average Bonchev–Trinajstić information content (AvgIpc) is 2.71. The van der Waals surface area contributed by atoms with E-state index in [0.29, 0.717) is 12.3 Å². The molecule has 1 aromatic heterocycles. The van der Waals surface area contributed by atoms with Crippen LogP contribution in [0, 0.1) is 5.92 Å². The number of benzene rings is 1. The molecule has 2 aromatic rings. The van der Waals surface area contributed by atoms with Crippen LogP contribution in [-0.2, 0) is 9.22 Å². The van der Waals surface area contributed by atoms with Crippen molar-refractivity contribution in [3.05, 3.63) is 36.0 Å². The van der Waals surface area contributed by atoms with Crippen molar-refractivity contribution in [3.8, 4) is 5.75 Å². The normalized spacial score (nSPS) is 25.5. The largest absolute Gasteiger partial charge is 0.497 e. The molecule has 4 atom stereocenters. The number of pyridine rings is 1. The molecule has 0 saturated carbocycles. The molecule has 0 spiro atoms. The molecule has 6 heteroatoms. The van der Waals surface area contributed by atoms with Gasteiger partial charge in [0, 0.05) is 23.5 Å². The molecule has 3 saturated heterocycles. The van der Waals surface area contributed by atoms with E-state index in [4.69, 9.17) is 9.16 Å². The van der Waals surface area contributed by atoms with Crippen molar-refractivity contribution in [1.82, 2.24) is 9.88 Å². The Morgan fingerprint density at radius 2 is 2.00 bits per heavy atom. The zero-order valence-electron chi connectivity index (χ0n) is 19.1. The molecule has 3 aliphatic rings. The Bertz CT molecular complexity index is 953. The molecule has 3 fully saturated rings. The Kier molecular flexibility index (Phi) is 5.53. The van der Waals surface area contributed by atoms with Gasteiger partial charge in [-0.15, -0.1) is 0 Å². The smallest absolute Gasteiger partial charge is 0.192 e. The van der Waals surface area contributed by atoms with Crippen molar-refractivity contribution in [1.29, 1.82) is 0 Å². The minimum atomic E-state index is -2.05. The fourth-order valence-electron chi connectivity index (χ4n) is 4.54. The van der Waals surface area contributed by atoms with E-state index in [1.54, 1.807) is 7.11 Å². The number of rotatable bonds is 5. The summed E-state index contributed by atoms with van der Waals surface area (Å²) in [7, 11) is -0.359. The summed E-state index contributed by atoms with van der Waals surface area (Å²) in [5, 5.41) is 1.18. The van der Waals surface area contributed by atoms with Crippen molar-refractivity contribution >= 4 is 25.0 Å². The standard InChI is InChI=1S/C24H34N2O3Si/c1-24(2,3)30(5,6)29-23(21-13-16-10-12-26(21)15-22(16)27)18-9-11-25-20-8-7-17(28-4)14-19(18)20/h7-9,11,14,16,21,23H,10,12-13,15H2,1-6H3/t16-,21+,23-/m0/s1. The molecule has 0 N–H and O–H groups in total. The zero-order valence-corrected chi connectivity index (χ0v) is 20.1. The zero-order chi connectivity index (χ0) is 21.7. The van der Waals surface area contributed by atoms with Crippen LogP contribution in [0.5, 0.6) is 5.75 Å². The second-order valence-corrected chi connectivity index (χ2v) is 15.1. The molecule has 1 aromatic carbocycles. The van der Waals surface area contributed by atoms with Gasteiger partial charge in [0.05, 0.1) is 25.3 Å². The lowest BCUT2D eigenvalue weighted by Gasteiger charge is -2.50. The van der Waals surface area contributed by atoms with Gasteiger partial charge in [0.1, 0.15) is 11.5 Å². The number of carbonyl (C=O) groups is 1. The molecule has 2 bridgehead atoms. The van der Waals surface area contributed by atoms with E-state index in [9.17, 15) is 4.79 Å². The van der Waals surface area contributed by atoms with Crippen LogP contribution in [0.15, 0.2) is 30.5 Å². The highest BCUT2D eigenvalue weighted by Gasteiger charge is 2.47. The second kappa shape index (κ2) is 7.73. The Hall–Kier alpha value is -1.76. The minimum Gasteiger partial charge on any atom is -0.497 e. The van der Waals surface area contributed by atoms with E-state index in [2.05, 4.69) is 55.9 Å². The SMILES string of the molecule is COc1ccc2nccc([C@H](O[Si](C)(C)C(C)(C)C)[C@H]3C[C@@H]4CCN3CC4=O)c2c1. The molecule has 4 heterocycles. The highest BCUT2D eigenvalue weighted by Crippen LogP contribution is 2.45. The molecule has 0 radical (unpaired) electrons. The molecule has 5 nitrogen and oxygen atoms in total. The van der Waals surface area contributed by atoms with Gasteiger partial charge in [-0.3, -0.25) is 14.7 Å². The molecule has 1 unspecified atom stereocenters. The molecule has 30 heavy (non-hydrogen) atoms. The van der Waals surface area contributed by atoms with Gasteiger partial charge < -0.3 is 9.16 Å². The lowest BCUT2D eigenvalue weighted by atomic mass is 9.79. The molecule has 3 aliphatic heterocycles. The van der Waals surface area contributed by atoms with Gasteiger partial charge in [-0.05, 0) is 67.3 Å². The first-order valence-electron chi connectivity index (χ1n) is 11.0. The van der Waals surface area contributed by atoms with Crippen LogP contribution in [0.4, 0.5) is 0 Å². The van der Waals surface area contributed by atoms with Gasteiger partial charge in [-0.2, -0.15) is 0 Å². The molecule has 162 valence electrons. The van der Waals surface area contributed by atoms with Gasteiger partial charge >= 0.3 is 0 Å². The summed E-state index contributed by atoms with van der Waals surface area (Å²) in [5.41, 5.74) is 2.11. The number of Topliss-reactive ketones (excluding diaryl/α,β-unsaturated/α-hetero) is 1. The maximum atomic E-state index is 12.4. The Labute approximate surface area is 180 Å². The summed E-state index contributed by atoms with van der Waals surface area (Å²) < 4.78 is 12.6. The van der Waals surface area contributed by atoms with E-state index in [1.165, 1.54) is 0 Å². The third-order valence-electron chi connectivity index (χ3n) is 7.44. The van der Waals surface area contributed by atoms with Crippen molar-refractivity contribution in [2.45, 2.75) is 63.9 Å². The summed E-state index contributed by atoms with van der Waals surface area (Å²) in [6.45, 7) is 13.0. The molecule has 0 aliphatic carbocycles.